The minimum atomic E-state index is -0.208. The van der Waals surface area contributed by atoms with Crippen LogP contribution in [0.25, 0.3) is 0 Å². The van der Waals surface area contributed by atoms with E-state index in [2.05, 4.69) is 10.1 Å². The van der Waals surface area contributed by atoms with Gasteiger partial charge >= 0.3 is 0 Å². The number of nitrogens with zero attached hydrogens (tertiary/aromatic N) is 3. The molecule has 2 rings (SSSR count). The average Bonchev–Trinajstić information content (AvgIpc) is 2.56. The van der Waals surface area contributed by atoms with E-state index in [4.69, 9.17) is 0 Å². The van der Waals surface area contributed by atoms with Gasteiger partial charge in [-0.25, -0.2) is 9.37 Å². The second kappa shape index (κ2) is 3.57. The standard InChI is InChI=1S/C10H10FN3/c1-14-7-12-10(13-14)6-8-4-2-3-5-9(8)11/h2-5,7H,6H2,1H3. The maximum atomic E-state index is 13.2. The van der Waals surface area contributed by atoms with Gasteiger partial charge in [0.25, 0.3) is 0 Å². The Morgan fingerprint density at radius 1 is 1.36 bits per heavy atom. The highest BCUT2D eigenvalue weighted by atomic mass is 19.1. The van der Waals surface area contributed by atoms with Gasteiger partial charge in [0.15, 0.2) is 5.82 Å². The molecule has 1 aromatic heterocycles. The third-order valence-corrected chi connectivity index (χ3v) is 1.95. The summed E-state index contributed by atoms with van der Waals surface area (Å²) in [6.07, 6.45) is 2.05. The maximum absolute atomic E-state index is 13.2. The lowest BCUT2D eigenvalue weighted by molar-refractivity contribution is 0.611. The number of aromatic nitrogens is 3. The first-order chi connectivity index (χ1) is 6.75. The van der Waals surface area contributed by atoms with Gasteiger partial charge in [0, 0.05) is 13.5 Å². The highest BCUT2D eigenvalue weighted by Crippen LogP contribution is 2.09. The van der Waals surface area contributed by atoms with Crippen LogP contribution in [0.4, 0.5) is 4.39 Å². The van der Waals surface area contributed by atoms with E-state index >= 15 is 0 Å². The predicted octanol–water partition coefficient (Wildman–Crippen LogP) is 1.54. The summed E-state index contributed by atoms with van der Waals surface area (Å²) in [5, 5.41) is 4.09. The summed E-state index contributed by atoms with van der Waals surface area (Å²) < 4.78 is 14.8. The van der Waals surface area contributed by atoms with Crippen LogP contribution < -0.4 is 0 Å². The van der Waals surface area contributed by atoms with Crippen molar-refractivity contribution in [2.75, 3.05) is 0 Å². The third kappa shape index (κ3) is 1.79. The van der Waals surface area contributed by atoms with Crippen molar-refractivity contribution in [2.24, 2.45) is 7.05 Å². The van der Waals surface area contributed by atoms with Crippen LogP contribution in [-0.4, -0.2) is 14.8 Å². The summed E-state index contributed by atoms with van der Waals surface area (Å²) in [6.45, 7) is 0. The highest BCUT2D eigenvalue weighted by molar-refractivity contribution is 5.20. The van der Waals surface area contributed by atoms with Crippen LogP contribution in [0.5, 0.6) is 0 Å². The number of rotatable bonds is 2. The smallest absolute Gasteiger partial charge is 0.155 e. The van der Waals surface area contributed by atoms with Gasteiger partial charge in [-0.3, -0.25) is 4.68 Å². The molecule has 0 amide bonds. The Balaban J connectivity index is 2.23. The lowest BCUT2D eigenvalue weighted by atomic mass is 10.1. The van der Waals surface area contributed by atoms with Gasteiger partial charge in [-0.15, -0.1) is 0 Å². The summed E-state index contributed by atoms with van der Waals surface area (Å²) in [6, 6.07) is 6.66. The number of hydrogen-bond acceptors (Lipinski definition) is 2. The molecule has 0 aliphatic carbocycles. The topological polar surface area (TPSA) is 30.7 Å². The zero-order valence-electron chi connectivity index (χ0n) is 7.81. The molecule has 0 aliphatic heterocycles. The first-order valence-electron chi connectivity index (χ1n) is 4.33. The number of benzene rings is 1. The maximum Gasteiger partial charge on any atom is 0.155 e. The molecule has 0 saturated carbocycles. The van der Waals surface area contributed by atoms with Crippen LogP contribution in [0.1, 0.15) is 11.4 Å². The molecule has 0 unspecified atom stereocenters. The molecule has 0 spiro atoms. The van der Waals surface area contributed by atoms with Gasteiger partial charge in [-0.1, -0.05) is 18.2 Å². The van der Waals surface area contributed by atoms with E-state index in [1.807, 2.05) is 0 Å². The highest BCUT2D eigenvalue weighted by Gasteiger charge is 2.04. The number of halogens is 1. The van der Waals surface area contributed by atoms with Gasteiger partial charge in [0.2, 0.25) is 0 Å². The zero-order valence-corrected chi connectivity index (χ0v) is 7.81. The van der Waals surface area contributed by atoms with E-state index < -0.39 is 0 Å². The van der Waals surface area contributed by atoms with Gasteiger partial charge in [-0.05, 0) is 11.6 Å². The molecule has 0 fully saturated rings. The van der Waals surface area contributed by atoms with Crippen molar-refractivity contribution in [2.45, 2.75) is 6.42 Å². The van der Waals surface area contributed by atoms with Crippen molar-refractivity contribution >= 4 is 0 Å². The molecule has 4 heteroatoms. The molecule has 1 aromatic carbocycles. The minimum absolute atomic E-state index is 0.208. The van der Waals surface area contributed by atoms with Crippen LogP contribution in [0.3, 0.4) is 0 Å². The van der Waals surface area contributed by atoms with Gasteiger partial charge in [0.05, 0.1) is 0 Å². The fourth-order valence-electron chi connectivity index (χ4n) is 1.28. The Labute approximate surface area is 81.2 Å². The molecule has 2 aromatic rings. The van der Waals surface area contributed by atoms with E-state index in [0.717, 1.165) is 0 Å². The molecule has 1 heterocycles. The van der Waals surface area contributed by atoms with Crippen LogP contribution in [-0.2, 0) is 13.5 Å². The average molecular weight is 191 g/mol. The first-order valence-corrected chi connectivity index (χ1v) is 4.33. The Morgan fingerprint density at radius 3 is 2.79 bits per heavy atom. The van der Waals surface area contributed by atoms with E-state index in [9.17, 15) is 4.39 Å². The molecule has 0 N–H and O–H groups in total. The summed E-state index contributed by atoms with van der Waals surface area (Å²) >= 11 is 0. The quantitative estimate of drug-likeness (QED) is 0.721. The number of aryl methyl sites for hydroxylation is 1. The fraction of sp³-hybridized carbons (Fsp3) is 0.200. The zero-order chi connectivity index (χ0) is 9.97. The van der Waals surface area contributed by atoms with Crippen LogP contribution >= 0.6 is 0 Å². The van der Waals surface area contributed by atoms with Crippen molar-refractivity contribution in [3.05, 3.63) is 47.8 Å². The van der Waals surface area contributed by atoms with Gasteiger partial charge < -0.3 is 0 Å². The van der Waals surface area contributed by atoms with Crippen molar-refractivity contribution in [3.8, 4) is 0 Å². The van der Waals surface area contributed by atoms with E-state index in [1.165, 1.54) is 6.07 Å². The summed E-state index contributed by atoms with van der Waals surface area (Å²) in [7, 11) is 1.79. The largest absolute Gasteiger partial charge is 0.256 e. The van der Waals surface area contributed by atoms with Crippen molar-refractivity contribution in [1.29, 1.82) is 0 Å². The fourth-order valence-corrected chi connectivity index (χ4v) is 1.28. The van der Waals surface area contributed by atoms with Crippen LogP contribution in [0.15, 0.2) is 30.6 Å². The monoisotopic (exact) mass is 191 g/mol. The Bertz CT molecular complexity index is 436. The third-order valence-electron chi connectivity index (χ3n) is 1.95. The molecule has 0 atom stereocenters. The van der Waals surface area contributed by atoms with Crippen molar-refractivity contribution < 1.29 is 4.39 Å². The van der Waals surface area contributed by atoms with E-state index in [0.29, 0.717) is 17.8 Å². The Morgan fingerprint density at radius 2 is 2.14 bits per heavy atom. The van der Waals surface area contributed by atoms with Gasteiger partial charge in [-0.2, -0.15) is 5.10 Å². The van der Waals surface area contributed by atoms with E-state index in [1.54, 1.807) is 36.3 Å². The number of hydrogen-bond donors (Lipinski definition) is 0. The van der Waals surface area contributed by atoms with Gasteiger partial charge in [0.1, 0.15) is 12.1 Å². The van der Waals surface area contributed by atoms with Crippen LogP contribution in [0, 0.1) is 5.82 Å². The van der Waals surface area contributed by atoms with Crippen molar-refractivity contribution in [3.63, 3.8) is 0 Å². The van der Waals surface area contributed by atoms with Crippen LogP contribution in [0.2, 0.25) is 0 Å². The summed E-state index contributed by atoms with van der Waals surface area (Å²) in [5.74, 6) is 0.428. The van der Waals surface area contributed by atoms with E-state index in [-0.39, 0.29) is 5.82 Å². The molecule has 0 saturated heterocycles. The first kappa shape index (κ1) is 8.87. The molecular formula is C10H10FN3. The lowest BCUT2D eigenvalue weighted by Crippen LogP contribution is -1.96. The normalized spacial score (nSPS) is 10.4. The second-order valence-corrected chi connectivity index (χ2v) is 3.10. The SMILES string of the molecule is Cn1cnc(Cc2ccccc2F)n1. The minimum Gasteiger partial charge on any atom is -0.256 e. The summed E-state index contributed by atoms with van der Waals surface area (Å²) in [4.78, 5) is 4.04. The Kier molecular flexibility index (Phi) is 2.26. The van der Waals surface area contributed by atoms with Crippen molar-refractivity contribution in [1.82, 2.24) is 14.8 Å². The molecule has 72 valence electrons. The molecular weight excluding hydrogens is 181 g/mol. The summed E-state index contributed by atoms with van der Waals surface area (Å²) in [5.41, 5.74) is 0.624. The lowest BCUT2D eigenvalue weighted by Gasteiger charge is -1.98. The predicted molar refractivity (Wildman–Crippen MR) is 50.2 cm³/mol. The molecule has 14 heavy (non-hydrogen) atoms. The molecule has 3 nitrogen and oxygen atoms in total. The Hall–Kier alpha value is -1.71. The molecule has 0 aliphatic rings. The second-order valence-electron chi connectivity index (χ2n) is 3.10. The molecule has 0 bridgehead atoms. The molecule has 0 radical (unpaired) electrons.